The Morgan fingerprint density at radius 1 is 1.10 bits per heavy atom. The topological polar surface area (TPSA) is 69.6 Å². The van der Waals surface area contributed by atoms with Crippen LogP contribution in [0.4, 0.5) is 5.69 Å². The molecule has 1 heterocycles. The Morgan fingerprint density at radius 3 is 2.24 bits per heavy atom. The number of amides is 1. The fourth-order valence-electron chi connectivity index (χ4n) is 1.81. The lowest BCUT2D eigenvalue weighted by atomic mass is 10.2. The predicted molar refractivity (Wildman–Crippen MR) is 79.2 cm³/mol. The molecular weight excluding hydrogens is 272 g/mol. The monoisotopic (exact) mass is 288 g/mol. The summed E-state index contributed by atoms with van der Waals surface area (Å²) >= 11 is 0. The highest BCUT2D eigenvalue weighted by Crippen LogP contribution is 2.23. The zero-order valence-electron chi connectivity index (χ0n) is 12.0. The van der Waals surface area contributed by atoms with Crippen molar-refractivity contribution in [1.82, 2.24) is 4.57 Å². The molecule has 0 aliphatic carbocycles. The van der Waals surface area contributed by atoms with Crippen LogP contribution in [-0.2, 0) is 7.05 Å². The number of aromatic nitrogens is 1. The maximum absolute atomic E-state index is 12.2. The van der Waals surface area contributed by atoms with Crippen LogP contribution in [0.3, 0.4) is 0 Å². The number of carbonyl (C=O) groups is 1. The molecule has 0 saturated heterocycles. The van der Waals surface area contributed by atoms with E-state index in [1.54, 1.807) is 37.5 Å². The van der Waals surface area contributed by atoms with Crippen molar-refractivity contribution in [1.29, 1.82) is 0 Å². The molecule has 110 valence electrons. The molecule has 1 aromatic carbocycles. The molecule has 0 aliphatic rings. The number of pyridine rings is 1. The molecule has 1 amide bonds. The molecule has 1 N–H and O–H groups in total. The second-order valence-corrected chi connectivity index (χ2v) is 4.42. The lowest BCUT2D eigenvalue weighted by Crippen LogP contribution is -2.18. The third-order valence-electron chi connectivity index (χ3n) is 2.96. The number of rotatable bonds is 4. The smallest absolute Gasteiger partial charge is 0.255 e. The van der Waals surface area contributed by atoms with Gasteiger partial charge in [-0.15, -0.1) is 0 Å². The molecule has 0 saturated carbocycles. The first-order valence-electron chi connectivity index (χ1n) is 6.24. The Morgan fingerprint density at radius 2 is 1.71 bits per heavy atom. The highest BCUT2D eigenvalue weighted by Gasteiger charge is 2.10. The molecule has 21 heavy (non-hydrogen) atoms. The number of nitrogens with zero attached hydrogens (tertiary/aromatic N) is 1. The molecule has 0 spiro atoms. The van der Waals surface area contributed by atoms with E-state index in [1.165, 1.54) is 24.9 Å². The summed E-state index contributed by atoms with van der Waals surface area (Å²) in [4.78, 5) is 23.5. The van der Waals surface area contributed by atoms with Crippen LogP contribution >= 0.6 is 0 Å². The number of nitrogens with one attached hydrogen (secondary N) is 1. The Balaban J connectivity index is 2.27. The summed E-state index contributed by atoms with van der Waals surface area (Å²) in [5, 5.41) is 2.72. The number of hydrogen-bond acceptors (Lipinski definition) is 4. The normalized spacial score (nSPS) is 10.0. The molecule has 2 rings (SSSR count). The van der Waals surface area contributed by atoms with Crippen molar-refractivity contribution in [2.45, 2.75) is 0 Å². The van der Waals surface area contributed by atoms with Crippen molar-refractivity contribution in [3.8, 4) is 11.5 Å². The second kappa shape index (κ2) is 6.13. The third-order valence-corrected chi connectivity index (χ3v) is 2.96. The summed E-state index contributed by atoms with van der Waals surface area (Å²) in [7, 11) is 4.65. The van der Waals surface area contributed by atoms with Crippen LogP contribution in [0.1, 0.15) is 10.4 Å². The van der Waals surface area contributed by atoms with Crippen LogP contribution in [0.15, 0.2) is 41.3 Å². The molecule has 6 nitrogen and oxygen atoms in total. The fourth-order valence-corrected chi connectivity index (χ4v) is 1.81. The predicted octanol–water partition coefficient (Wildman–Crippen LogP) is 1.65. The van der Waals surface area contributed by atoms with Crippen LogP contribution in [0.25, 0.3) is 0 Å². The van der Waals surface area contributed by atoms with Crippen LogP contribution in [0.5, 0.6) is 11.5 Å². The largest absolute Gasteiger partial charge is 0.497 e. The molecule has 0 aliphatic heterocycles. The van der Waals surface area contributed by atoms with Gasteiger partial charge in [0.05, 0.1) is 19.9 Å². The van der Waals surface area contributed by atoms with Gasteiger partial charge >= 0.3 is 0 Å². The molecule has 0 bridgehead atoms. The number of hydrogen-bond donors (Lipinski definition) is 1. The first kappa shape index (κ1) is 14.6. The standard InChI is InChI=1S/C15H16N2O4/c1-17-9-11(4-5-14(17)18)16-15(19)10-6-12(20-2)8-13(7-10)21-3/h4-9H,1-3H3,(H,16,19). The fraction of sp³-hybridized carbons (Fsp3) is 0.200. The van der Waals surface area contributed by atoms with Gasteiger partial charge in [-0.05, 0) is 18.2 Å². The van der Waals surface area contributed by atoms with E-state index in [4.69, 9.17) is 9.47 Å². The molecule has 6 heteroatoms. The maximum Gasteiger partial charge on any atom is 0.255 e. The Bertz CT molecular complexity index is 700. The number of carbonyl (C=O) groups excluding carboxylic acids is 1. The van der Waals surface area contributed by atoms with E-state index in [1.807, 2.05) is 0 Å². The maximum atomic E-state index is 12.2. The van der Waals surface area contributed by atoms with E-state index in [-0.39, 0.29) is 11.5 Å². The van der Waals surface area contributed by atoms with Crippen molar-refractivity contribution in [3.63, 3.8) is 0 Å². The van der Waals surface area contributed by atoms with E-state index in [0.717, 1.165) is 0 Å². The van der Waals surface area contributed by atoms with Gasteiger partial charge < -0.3 is 19.4 Å². The van der Waals surface area contributed by atoms with E-state index in [0.29, 0.717) is 22.7 Å². The van der Waals surface area contributed by atoms with E-state index in [2.05, 4.69) is 5.32 Å². The van der Waals surface area contributed by atoms with Gasteiger partial charge in [-0.3, -0.25) is 9.59 Å². The van der Waals surface area contributed by atoms with Crippen molar-refractivity contribution in [2.75, 3.05) is 19.5 Å². The van der Waals surface area contributed by atoms with Crippen molar-refractivity contribution in [2.24, 2.45) is 7.05 Å². The van der Waals surface area contributed by atoms with Gasteiger partial charge in [0.25, 0.3) is 5.91 Å². The van der Waals surface area contributed by atoms with E-state index in [9.17, 15) is 9.59 Å². The van der Waals surface area contributed by atoms with Crippen LogP contribution in [0, 0.1) is 0 Å². The summed E-state index contributed by atoms with van der Waals surface area (Å²) in [6, 6.07) is 7.85. The molecule has 0 fully saturated rings. The number of aryl methyl sites for hydroxylation is 1. The van der Waals surface area contributed by atoms with Crippen LogP contribution in [0.2, 0.25) is 0 Å². The van der Waals surface area contributed by atoms with Gasteiger partial charge in [-0.25, -0.2) is 0 Å². The summed E-state index contributed by atoms with van der Waals surface area (Å²) < 4.78 is 11.6. The highest BCUT2D eigenvalue weighted by atomic mass is 16.5. The third kappa shape index (κ3) is 3.42. The van der Waals surface area contributed by atoms with E-state index >= 15 is 0 Å². The Kier molecular flexibility index (Phi) is 4.27. The number of anilines is 1. The van der Waals surface area contributed by atoms with Gasteiger partial charge in [0.15, 0.2) is 0 Å². The first-order valence-corrected chi connectivity index (χ1v) is 6.24. The zero-order valence-corrected chi connectivity index (χ0v) is 12.0. The molecule has 1 aromatic heterocycles. The van der Waals surface area contributed by atoms with Crippen molar-refractivity contribution >= 4 is 11.6 Å². The van der Waals surface area contributed by atoms with Gasteiger partial charge in [0, 0.05) is 30.9 Å². The Labute approximate surface area is 121 Å². The van der Waals surface area contributed by atoms with Gasteiger partial charge in [-0.2, -0.15) is 0 Å². The number of methoxy groups -OCH3 is 2. The number of ether oxygens (including phenoxy) is 2. The SMILES string of the molecule is COc1cc(OC)cc(C(=O)Nc2ccc(=O)n(C)c2)c1. The lowest BCUT2D eigenvalue weighted by Gasteiger charge is -2.09. The molecule has 0 radical (unpaired) electrons. The Hall–Kier alpha value is -2.76. The van der Waals surface area contributed by atoms with E-state index < -0.39 is 0 Å². The van der Waals surface area contributed by atoms with Gasteiger partial charge in [0.2, 0.25) is 5.56 Å². The summed E-state index contributed by atoms with van der Waals surface area (Å²) in [5.74, 6) is 0.741. The van der Waals surface area contributed by atoms with Crippen molar-refractivity contribution < 1.29 is 14.3 Å². The van der Waals surface area contributed by atoms with Crippen LogP contribution < -0.4 is 20.3 Å². The summed E-state index contributed by atoms with van der Waals surface area (Å²) in [5.41, 5.74) is 0.792. The van der Waals surface area contributed by atoms with Gasteiger partial charge in [-0.1, -0.05) is 0 Å². The molecule has 0 atom stereocenters. The minimum atomic E-state index is -0.314. The summed E-state index contributed by atoms with van der Waals surface area (Å²) in [6.07, 6.45) is 1.55. The summed E-state index contributed by atoms with van der Waals surface area (Å²) in [6.45, 7) is 0. The first-order chi connectivity index (χ1) is 10.0. The molecule has 2 aromatic rings. The van der Waals surface area contributed by atoms with Gasteiger partial charge in [0.1, 0.15) is 11.5 Å². The van der Waals surface area contributed by atoms with Crippen LogP contribution in [-0.4, -0.2) is 24.7 Å². The average Bonchev–Trinajstić information content (AvgIpc) is 2.50. The zero-order chi connectivity index (χ0) is 15.4. The lowest BCUT2D eigenvalue weighted by molar-refractivity contribution is 0.102. The second-order valence-electron chi connectivity index (χ2n) is 4.42. The average molecular weight is 288 g/mol. The highest BCUT2D eigenvalue weighted by molar-refractivity contribution is 6.04. The quantitative estimate of drug-likeness (QED) is 0.929. The number of benzene rings is 1. The van der Waals surface area contributed by atoms with Crippen molar-refractivity contribution in [3.05, 3.63) is 52.4 Å². The minimum Gasteiger partial charge on any atom is -0.497 e. The molecular formula is C15H16N2O4. The molecule has 0 unspecified atom stereocenters. The minimum absolute atomic E-state index is 0.143.